The molecule has 0 spiro atoms. The molecule has 3 nitrogen and oxygen atoms in total. The molecule has 0 aromatic carbocycles. The van der Waals surface area contributed by atoms with E-state index >= 15 is 0 Å². The van der Waals surface area contributed by atoms with Gasteiger partial charge in [-0.1, -0.05) is 0 Å². The minimum absolute atomic E-state index is 0.529. The van der Waals surface area contributed by atoms with Gasteiger partial charge in [0.15, 0.2) is 12.9 Å². The predicted molar refractivity (Wildman–Crippen MR) is 34.9 cm³/mol. The van der Waals surface area contributed by atoms with Crippen LogP contribution < -0.4 is 0 Å². The highest BCUT2D eigenvalue weighted by Gasteiger charge is 2.14. The molecule has 0 fully saturated rings. The molecule has 0 unspecified atom stereocenters. The Balaban J connectivity index is 2.40. The van der Waals surface area contributed by atoms with E-state index in [1.807, 2.05) is 13.1 Å². The standard InChI is InChI=1S/C6H9N2O/c1-6-3-8(4-7-6)5-9-2/h3H,5H2,1-2H3/q+1. The van der Waals surface area contributed by atoms with E-state index in [4.69, 9.17) is 4.74 Å². The van der Waals surface area contributed by atoms with Crippen LogP contribution >= 0.6 is 0 Å². The van der Waals surface area contributed by atoms with Crippen LogP contribution in [0.5, 0.6) is 0 Å². The van der Waals surface area contributed by atoms with Crippen LogP contribution in [0.2, 0.25) is 0 Å². The molecule has 0 N–H and O–H groups in total. The van der Waals surface area contributed by atoms with Gasteiger partial charge < -0.3 is 4.74 Å². The number of allylic oxidation sites excluding steroid dienone is 1. The topological polar surface area (TPSA) is 24.8 Å². The first-order valence-corrected chi connectivity index (χ1v) is 2.73. The van der Waals surface area contributed by atoms with Crippen molar-refractivity contribution in [2.24, 2.45) is 4.99 Å². The van der Waals surface area contributed by atoms with Crippen LogP contribution in [0, 0.1) is 0 Å². The molecule has 0 radical (unpaired) electrons. The molecule has 1 aliphatic rings. The van der Waals surface area contributed by atoms with E-state index in [2.05, 4.69) is 11.3 Å². The summed E-state index contributed by atoms with van der Waals surface area (Å²) in [6.07, 6.45) is 4.63. The van der Waals surface area contributed by atoms with Crippen LogP contribution in [-0.4, -0.2) is 25.1 Å². The van der Waals surface area contributed by atoms with Gasteiger partial charge in [0.05, 0.1) is 0 Å². The van der Waals surface area contributed by atoms with Gasteiger partial charge in [-0.05, 0) is 4.99 Å². The van der Waals surface area contributed by atoms with Gasteiger partial charge in [-0.2, -0.15) is 0 Å². The van der Waals surface area contributed by atoms with Gasteiger partial charge in [0, 0.05) is 14.0 Å². The predicted octanol–water partition coefficient (Wildman–Crippen LogP) is 0.672. The van der Waals surface area contributed by atoms with Gasteiger partial charge >= 0.3 is 0 Å². The fraction of sp³-hybridized carbons (Fsp3) is 0.500. The summed E-state index contributed by atoms with van der Waals surface area (Å²) in [7, 11) is 1.64. The van der Waals surface area contributed by atoms with E-state index in [0.717, 1.165) is 5.70 Å². The third-order valence-corrected chi connectivity index (χ3v) is 0.966. The van der Waals surface area contributed by atoms with Gasteiger partial charge in [0.2, 0.25) is 5.70 Å². The van der Waals surface area contributed by atoms with Crippen molar-refractivity contribution in [2.75, 3.05) is 13.8 Å². The second-order valence-corrected chi connectivity index (χ2v) is 1.87. The van der Waals surface area contributed by atoms with E-state index in [1.54, 1.807) is 12.0 Å². The van der Waals surface area contributed by atoms with Crippen LogP contribution in [0.25, 0.3) is 0 Å². The summed E-state index contributed by atoms with van der Waals surface area (Å²) in [5.74, 6) is 0. The summed E-state index contributed by atoms with van der Waals surface area (Å²) in [5.41, 5.74) is 0.965. The van der Waals surface area contributed by atoms with Gasteiger partial charge in [0.25, 0.3) is 6.34 Å². The lowest BCUT2D eigenvalue weighted by molar-refractivity contribution is 0.138. The molecule has 0 saturated heterocycles. The molecule has 0 aliphatic carbocycles. The lowest BCUT2D eigenvalue weighted by Crippen LogP contribution is -2.14. The smallest absolute Gasteiger partial charge is 0.258 e. The Bertz CT molecular complexity index is 151. The first-order chi connectivity index (χ1) is 4.33. The minimum atomic E-state index is 0.529. The van der Waals surface area contributed by atoms with Crippen molar-refractivity contribution in [1.29, 1.82) is 0 Å². The molecule has 1 heterocycles. The highest BCUT2D eigenvalue weighted by atomic mass is 16.5. The highest BCUT2D eigenvalue weighted by molar-refractivity contribution is 5.61. The summed E-state index contributed by atoms with van der Waals surface area (Å²) < 4.78 is 4.83. The molecule has 48 valence electrons. The SMILES string of the molecule is COCN1[C+]=NC(C)=C1. The molecule has 1 aliphatic heterocycles. The summed E-state index contributed by atoms with van der Waals surface area (Å²) in [5, 5.41) is 0. The van der Waals surface area contributed by atoms with Gasteiger partial charge in [-0.3, -0.25) is 0 Å². The molecular weight excluding hydrogens is 116 g/mol. The van der Waals surface area contributed by atoms with E-state index in [9.17, 15) is 0 Å². The number of methoxy groups -OCH3 is 1. The zero-order chi connectivity index (χ0) is 6.69. The van der Waals surface area contributed by atoms with Crippen molar-refractivity contribution >= 4 is 6.34 Å². The average Bonchev–Trinajstić information content (AvgIpc) is 2.17. The number of nitrogens with zero attached hydrogens (tertiary/aromatic N) is 2. The number of aliphatic imine (C=N–C) groups is 1. The zero-order valence-electron chi connectivity index (χ0n) is 5.59. The van der Waals surface area contributed by atoms with Gasteiger partial charge in [0.1, 0.15) is 0 Å². The number of hydrogen-bond donors (Lipinski definition) is 0. The van der Waals surface area contributed by atoms with Crippen molar-refractivity contribution in [3.8, 4) is 0 Å². The highest BCUT2D eigenvalue weighted by Crippen LogP contribution is 2.03. The summed E-state index contributed by atoms with van der Waals surface area (Å²) in [6, 6.07) is 0. The minimum Gasteiger partial charge on any atom is -0.361 e. The summed E-state index contributed by atoms with van der Waals surface area (Å²) >= 11 is 0. The fourth-order valence-corrected chi connectivity index (χ4v) is 0.632. The monoisotopic (exact) mass is 125 g/mol. The van der Waals surface area contributed by atoms with Crippen molar-refractivity contribution in [3.05, 3.63) is 11.9 Å². The second kappa shape index (κ2) is 2.58. The Morgan fingerprint density at radius 3 is 3.11 bits per heavy atom. The number of rotatable bonds is 2. The van der Waals surface area contributed by atoms with Crippen molar-refractivity contribution < 1.29 is 4.74 Å². The fourth-order valence-electron chi connectivity index (χ4n) is 0.632. The van der Waals surface area contributed by atoms with E-state index in [1.165, 1.54) is 0 Å². The Morgan fingerprint density at radius 2 is 2.67 bits per heavy atom. The molecule has 0 saturated carbocycles. The maximum atomic E-state index is 4.83. The molecule has 0 amide bonds. The van der Waals surface area contributed by atoms with Crippen LogP contribution in [-0.2, 0) is 4.74 Å². The number of ether oxygens (including phenoxy) is 1. The Kier molecular flexibility index (Phi) is 1.78. The maximum absolute atomic E-state index is 4.83. The third kappa shape index (κ3) is 1.49. The third-order valence-electron chi connectivity index (χ3n) is 0.966. The van der Waals surface area contributed by atoms with Crippen LogP contribution in [0.1, 0.15) is 6.92 Å². The van der Waals surface area contributed by atoms with Crippen LogP contribution in [0.3, 0.4) is 0 Å². The maximum Gasteiger partial charge on any atom is 0.258 e. The summed E-state index contributed by atoms with van der Waals surface area (Å²) in [6.45, 7) is 2.45. The lowest BCUT2D eigenvalue weighted by atomic mass is 10.6. The van der Waals surface area contributed by atoms with E-state index in [0.29, 0.717) is 6.73 Å². The van der Waals surface area contributed by atoms with E-state index < -0.39 is 0 Å². The molecule has 0 aromatic heterocycles. The zero-order valence-corrected chi connectivity index (χ0v) is 5.59. The molecular formula is C6H9N2O+. The van der Waals surface area contributed by atoms with Crippen LogP contribution in [0.4, 0.5) is 0 Å². The summed E-state index contributed by atoms with van der Waals surface area (Å²) in [4.78, 5) is 5.65. The van der Waals surface area contributed by atoms with Crippen molar-refractivity contribution in [1.82, 2.24) is 4.90 Å². The van der Waals surface area contributed by atoms with Gasteiger partial charge in [-0.25, -0.2) is 0 Å². The first kappa shape index (κ1) is 6.20. The van der Waals surface area contributed by atoms with Crippen molar-refractivity contribution in [3.63, 3.8) is 0 Å². The normalized spacial score (nSPS) is 15.8. The molecule has 9 heavy (non-hydrogen) atoms. The Labute approximate surface area is 54.6 Å². The largest absolute Gasteiger partial charge is 0.361 e. The molecule has 0 atom stereocenters. The van der Waals surface area contributed by atoms with E-state index in [-0.39, 0.29) is 0 Å². The van der Waals surface area contributed by atoms with Crippen LogP contribution in [0.15, 0.2) is 16.9 Å². The number of hydrogen-bond acceptors (Lipinski definition) is 3. The average molecular weight is 125 g/mol. The molecule has 1 rings (SSSR count). The van der Waals surface area contributed by atoms with Crippen molar-refractivity contribution in [2.45, 2.75) is 6.92 Å². The second-order valence-electron chi connectivity index (χ2n) is 1.87. The molecule has 3 heteroatoms. The molecule has 0 bridgehead atoms. The quantitative estimate of drug-likeness (QED) is 0.507. The Morgan fingerprint density at radius 1 is 1.89 bits per heavy atom. The molecule has 0 aromatic rings. The first-order valence-electron chi connectivity index (χ1n) is 2.73. The lowest BCUT2D eigenvalue weighted by Gasteiger charge is -1.96. The van der Waals surface area contributed by atoms with Gasteiger partial charge in [-0.15, -0.1) is 4.90 Å². The Hall–Kier alpha value is -0.920.